The number of nitrogens with zero attached hydrogens (tertiary/aromatic N) is 2. The van der Waals surface area contributed by atoms with Crippen LogP contribution in [0.1, 0.15) is 10.4 Å². The number of hydrogen-bond donors (Lipinski definition) is 0. The van der Waals surface area contributed by atoms with E-state index in [9.17, 15) is 0 Å². The van der Waals surface area contributed by atoms with Gasteiger partial charge >= 0.3 is 0 Å². The lowest BCUT2D eigenvalue weighted by Gasteiger charge is -1.89. The van der Waals surface area contributed by atoms with Gasteiger partial charge in [-0.25, -0.2) is 0 Å². The van der Waals surface area contributed by atoms with Gasteiger partial charge in [0, 0.05) is 4.88 Å². The normalized spacial score (nSPS) is 10.9. The Morgan fingerprint density at radius 1 is 1.21 bits per heavy atom. The minimum atomic E-state index is 0.785. The second-order valence-corrected chi connectivity index (χ2v) is 4.00. The van der Waals surface area contributed by atoms with E-state index in [0.29, 0.717) is 0 Å². The highest BCUT2D eigenvalue weighted by Gasteiger charge is 1.95. The van der Waals surface area contributed by atoms with E-state index in [1.807, 2.05) is 29.7 Å². The molecule has 0 spiro atoms. The highest BCUT2D eigenvalue weighted by Crippen LogP contribution is 2.23. The van der Waals surface area contributed by atoms with E-state index in [1.54, 1.807) is 23.7 Å². The molecule has 14 heavy (non-hydrogen) atoms. The van der Waals surface area contributed by atoms with Crippen LogP contribution in [0.5, 0.6) is 0 Å². The Bertz CT molecular complexity index is 436. The number of rotatable bonds is 2. The average Bonchev–Trinajstić information content (AvgIpc) is 2.63. The Hall–Kier alpha value is -1.19. The maximum atomic E-state index is 5.94. The topological polar surface area (TPSA) is 25.8 Å². The zero-order chi connectivity index (χ0) is 9.80. The first-order chi connectivity index (χ1) is 6.86. The largest absolute Gasteiger partial charge is 0.159 e. The van der Waals surface area contributed by atoms with Gasteiger partial charge in [0.25, 0.3) is 0 Å². The molecule has 2 rings (SSSR count). The van der Waals surface area contributed by atoms with Gasteiger partial charge in [-0.3, -0.25) is 0 Å². The number of thiophene rings is 1. The highest BCUT2D eigenvalue weighted by atomic mass is 35.5. The lowest BCUT2D eigenvalue weighted by Crippen LogP contribution is -1.78. The van der Waals surface area contributed by atoms with Crippen LogP contribution in [0.4, 0.5) is 0 Å². The first-order valence-corrected chi connectivity index (χ1v) is 5.30. The van der Waals surface area contributed by atoms with Crippen molar-refractivity contribution in [2.45, 2.75) is 0 Å². The van der Waals surface area contributed by atoms with Crippen LogP contribution in [-0.2, 0) is 0 Å². The van der Waals surface area contributed by atoms with Crippen LogP contribution >= 0.6 is 22.9 Å². The van der Waals surface area contributed by atoms with Crippen molar-refractivity contribution in [3.05, 3.63) is 45.4 Å². The third kappa shape index (κ3) is 2.19. The molecule has 4 heteroatoms. The molecule has 0 N–H and O–H groups in total. The third-order valence-electron chi connectivity index (χ3n) is 1.68. The molecule has 0 radical (unpaired) electrons. The molecular weight excluding hydrogens is 216 g/mol. The molecule has 2 heterocycles. The second-order valence-electron chi connectivity index (χ2n) is 2.64. The molecule has 0 aliphatic heterocycles. The molecular formula is C10H7ClN2S. The molecule has 2 nitrogen and oxygen atoms in total. The van der Waals surface area contributed by atoms with Crippen molar-refractivity contribution in [1.82, 2.24) is 10.2 Å². The fourth-order valence-corrected chi connectivity index (χ4v) is 2.01. The summed E-state index contributed by atoms with van der Waals surface area (Å²) in [5.41, 5.74) is 1.02. The van der Waals surface area contributed by atoms with Crippen LogP contribution < -0.4 is 0 Å². The molecule has 70 valence electrons. The molecule has 0 unspecified atom stereocenters. The summed E-state index contributed by atoms with van der Waals surface area (Å²) in [6, 6.07) is 3.78. The minimum absolute atomic E-state index is 0.785. The van der Waals surface area contributed by atoms with E-state index in [-0.39, 0.29) is 0 Å². The Kier molecular flexibility index (Phi) is 2.91. The van der Waals surface area contributed by atoms with Gasteiger partial charge in [-0.2, -0.15) is 10.2 Å². The Morgan fingerprint density at radius 3 is 2.79 bits per heavy atom. The van der Waals surface area contributed by atoms with Gasteiger partial charge in [0.15, 0.2) is 0 Å². The molecule has 0 aliphatic carbocycles. The summed E-state index contributed by atoms with van der Waals surface area (Å²) in [5, 5.41) is 10.2. The minimum Gasteiger partial charge on any atom is -0.159 e. The summed E-state index contributed by atoms with van der Waals surface area (Å²) < 4.78 is 0. The van der Waals surface area contributed by atoms with Crippen molar-refractivity contribution >= 4 is 35.1 Å². The molecule has 0 aliphatic rings. The second kappa shape index (κ2) is 4.35. The van der Waals surface area contributed by atoms with Crippen LogP contribution in [0.25, 0.3) is 12.2 Å². The quantitative estimate of drug-likeness (QED) is 0.779. The van der Waals surface area contributed by atoms with Gasteiger partial charge in [0.2, 0.25) is 0 Å². The first kappa shape index (κ1) is 9.37. The van der Waals surface area contributed by atoms with Crippen molar-refractivity contribution in [1.29, 1.82) is 0 Å². The molecule has 0 atom stereocenters. The molecule has 2 aromatic heterocycles. The van der Waals surface area contributed by atoms with Crippen LogP contribution in [0.3, 0.4) is 0 Å². The Balaban J connectivity index is 2.20. The molecule has 0 saturated heterocycles. The number of hydrogen-bond acceptors (Lipinski definition) is 3. The summed E-state index contributed by atoms with van der Waals surface area (Å²) in [6.07, 6.45) is 7.31. The van der Waals surface area contributed by atoms with E-state index in [0.717, 1.165) is 15.5 Å². The first-order valence-electron chi connectivity index (χ1n) is 4.04. The van der Waals surface area contributed by atoms with Gasteiger partial charge in [-0.15, -0.1) is 11.3 Å². The van der Waals surface area contributed by atoms with Gasteiger partial charge in [0.05, 0.1) is 17.4 Å². The van der Waals surface area contributed by atoms with Crippen LogP contribution in [0, 0.1) is 0 Å². The SMILES string of the molecule is Clc1ccsc1C=Cc1ccnnc1. The monoisotopic (exact) mass is 222 g/mol. The number of aromatic nitrogens is 2. The molecule has 0 amide bonds. The molecule has 0 aromatic carbocycles. The van der Waals surface area contributed by atoms with Crippen molar-refractivity contribution in [2.75, 3.05) is 0 Å². The Labute approximate surface area is 90.9 Å². The Morgan fingerprint density at radius 2 is 2.14 bits per heavy atom. The fraction of sp³-hybridized carbons (Fsp3) is 0. The van der Waals surface area contributed by atoms with Gasteiger partial charge in [-0.1, -0.05) is 17.7 Å². The number of halogens is 1. The van der Waals surface area contributed by atoms with Gasteiger partial charge < -0.3 is 0 Å². The summed E-state index contributed by atoms with van der Waals surface area (Å²) in [6.45, 7) is 0. The van der Waals surface area contributed by atoms with E-state index in [1.165, 1.54) is 0 Å². The molecule has 0 bridgehead atoms. The zero-order valence-electron chi connectivity index (χ0n) is 7.22. The predicted molar refractivity (Wildman–Crippen MR) is 60.3 cm³/mol. The van der Waals surface area contributed by atoms with E-state index in [2.05, 4.69) is 10.2 Å². The summed E-state index contributed by atoms with van der Waals surface area (Å²) >= 11 is 7.55. The summed E-state index contributed by atoms with van der Waals surface area (Å²) in [5.74, 6) is 0. The predicted octanol–water partition coefficient (Wildman–Crippen LogP) is 3.36. The van der Waals surface area contributed by atoms with Crippen LogP contribution in [0.15, 0.2) is 29.9 Å². The van der Waals surface area contributed by atoms with Crippen molar-refractivity contribution in [3.8, 4) is 0 Å². The van der Waals surface area contributed by atoms with Crippen LogP contribution in [-0.4, -0.2) is 10.2 Å². The van der Waals surface area contributed by atoms with Gasteiger partial charge in [0.1, 0.15) is 0 Å². The van der Waals surface area contributed by atoms with Crippen LogP contribution in [0.2, 0.25) is 5.02 Å². The lowest BCUT2D eigenvalue weighted by molar-refractivity contribution is 1.03. The summed E-state index contributed by atoms with van der Waals surface area (Å²) in [4.78, 5) is 1.06. The highest BCUT2D eigenvalue weighted by molar-refractivity contribution is 7.11. The van der Waals surface area contributed by atoms with E-state index < -0.39 is 0 Å². The van der Waals surface area contributed by atoms with Gasteiger partial charge in [-0.05, 0) is 29.2 Å². The molecule has 2 aromatic rings. The van der Waals surface area contributed by atoms with Crippen molar-refractivity contribution in [2.24, 2.45) is 0 Å². The molecule has 0 saturated carbocycles. The molecule has 0 fully saturated rings. The lowest BCUT2D eigenvalue weighted by atomic mass is 10.3. The third-order valence-corrected chi connectivity index (χ3v) is 3.00. The maximum absolute atomic E-state index is 5.94. The summed E-state index contributed by atoms with van der Waals surface area (Å²) in [7, 11) is 0. The average molecular weight is 223 g/mol. The van der Waals surface area contributed by atoms with Crippen molar-refractivity contribution < 1.29 is 0 Å². The fourth-order valence-electron chi connectivity index (χ4n) is 0.996. The van der Waals surface area contributed by atoms with Crippen molar-refractivity contribution in [3.63, 3.8) is 0 Å². The van der Waals surface area contributed by atoms with E-state index >= 15 is 0 Å². The smallest absolute Gasteiger partial charge is 0.0586 e. The van der Waals surface area contributed by atoms with E-state index in [4.69, 9.17) is 11.6 Å². The standard InChI is InChI=1S/C10H7ClN2S/c11-9-4-6-14-10(9)2-1-8-3-5-12-13-7-8/h1-7H. The maximum Gasteiger partial charge on any atom is 0.0586 e. The zero-order valence-corrected chi connectivity index (χ0v) is 8.79.